The van der Waals surface area contributed by atoms with Gasteiger partial charge in [0.05, 0.1) is 6.54 Å². The Morgan fingerprint density at radius 3 is 2.14 bits per heavy atom. The zero-order valence-electron chi connectivity index (χ0n) is 13.4. The van der Waals surface area contributed by atoms with Crippen molar-refractivity contribution in [3.63, 3.8) is 0 Å². The second kappa shape index (κ2) is 7.11. The largest absolute Gasteiger partial charge is 0.484 e. The molecule has 116 valence electrons. The van der Waals surface area contributed by atoms with E-state index in [-0.39, 0.29) is 30.5 Å². The van der Waals surface area contributed by atoms with Crippen molar-refractivity contribution in [3.05, 3.63) is 29.3 Å². The van der Waals surface area contributed by atoms with Gasteiger partial charge in [0, 0.05) is 5.54 Å². The normalized spacial score (nSPS) is 10.9. The fraction of sp³-hybridized carbons (Fsp3) is 0.500. The quantitative estimate of drug-likeness (QED) is 0.868. The zero-order valence-corrected chi connectivity index (χ0v) is 13.4. The fourth-order valence-corrected chi connectivity index (χ4v) is 1.86. The third-order valence-corrected chi connectivity index (χ3v) is 2.53. The van der Waals surface area contributed by atoms with E-state index in [1.807, 2.05) is 52.8 Å². The van der Waals surface area contributed by atoms with Gasteiger partial charge in [0.25, 0.3) is 5.91 Å². The molecule has 2 N–H and O–H groups in total. The number of benzene rings is 1. The first-order valence-electron chi connectivity index (χ1n) is 6.94. The van der Waals surface area contributed by atoms with Crippen LogP contribution < -0.4 is 15.4 Å². The standard InChI is InChI=1S/C16H24N2O3/c1-11-6-12(2)8-13(7-11)21-10-15(20)17-9-14(19)18-16(3,4)5/h6-8H,9-10H2,1-5H3,(H,17,20)(H,18,19). The van der Waals surface area contributed by atoms with Gasteiger partial charge in [0.1, 0.15) is 5.75 Å². The summed E-state index contributed by atoms with van der Waals surface area (Å²) in [5.74, 6) is 0.113. The number of carbonyl (C=O) groups excluding carboxylic acids is 2. The molecule has 1 aromatic carbocycles. The Balaban J connectivity index is 2.36. The van der Waals surface area contributed by atoms with Crippen molar-refractivity contribution in [2.45, 2.75) is 40.2 Å². The molecule has 0 saturated heterocycles. The van der Waals surface area contributed by atoms with Crippen LogP contribution >= 0.6 is 0 Å². The minimum atomic E-state index is -0.321. The van der Waals surface area contributed by atoms with E-state index in [1.165, 1.54) is 0 Å². The van der Waals surface area contributed by atoms with Crippen molar-refractivity contribution in [2.24, 2.45) is 0 Å². The van der Waals surface area contributed by atoms with Crippen LogP contribution in [0, 0.1) is 13.8 Å². The molecule has 0 radical (unpaired) electrons. The van der Waals surface area contributed by atoms with Crippen LogP contribution in [0.1, 0.15) is 31.9 Å². The summed E-state index contributed by atoms with van der Waals surface area (Å²) in [6, 6.07) is 5.77. The minimum absolute atomic E-state index is 0.0493. The second-order valence-corrected chi connectivity index (χ2v) is 6.19. The molecule has 1 aromatic rings. The molecule has 0 atom stereocenters. The van der Waals surface area contributed by atoms with Crippen LogP contribution in [0.3, 0.4) is 0 Å². The van der Waals surface area contributed by atoms with E-state index in [4.69, 9.17) is 4.74 Å². The number of hydrogen-bond donors (Lipinski definition) is 2. The third kappa shape index (κ3) is 7.34. The van der Waals surface area contributed by atoms with E-state index in [1.54, 1.807) is 0 Å². The van der Waals surface area contributed by atoms with Gasteiger partial charge in [0.15, 0.2) is 6.61 Å². The molecule has 0 aliphatic rings. The molecule has 0 heterocycles. The van der Waals surface area contributed by atoms with E-state index < -0.39 is 0 Å². The van der Waals surface area contributed by atoms with E-state index >= 15 is 0 Å². The lowest BCUT2D eigenvalue weighted by molar-refractivity contribution is -0.127. The molecule has 0 aliphatic heterocycles. The Morgan fingerprint density at radius 2 is 1.62 bits per heavy atom. The molecule has 0 aliphatic carbocycles. The lowest BCUT2D eigenvalue weighted by Crippen LogP contribution is -2.46. The molecule has 21 heavy (non-hydrogen) atoms. The molecule has 1 rings (SSSR count). The van der Waals surface area contributed by atoms with E-state index in [2.05, 4.69) is 10.6 Å². The molecule has 0 aromatic heterocycles. The molecular weight excluding hydrogens is 268 g/mol. The summed E-state index contributed by atoms with van der Waals surface area (Å²) in [7, 11) is 0. The molecule has 2 amide bonds. The lowest BCUT2D eigenvalue weighted by Gasteiger charge is -2.20. The Hall–Kier alpha value is -2.04. The molecule has 0 fully saturated rings. The van der Waals surface area contributed by atoms with Crippen LogP contribution in [0.5, 0.6) is 5.75 Å². The van der Waals surface area contributed by atoms with Gasteiger partial charge < -0.3 is 15.4 Å². The van der Waals surface area contributed by atoms with Gasteiger partial charge in [0.2, 0.25) is 5.91 Å². The van der Waals surface area contributed by atoms with Crippen molar-refractivity contribution in [2.75, 3.05) is 13.2 Å². The Bertz CT molecular complexity index is 498. The first kappa shape index (κ1) is 17.0. The van der Waals surface area contributed by atoms with Crippen molar-refractivity contribution >= 4 is 11.8 Å². The number of carbonyl (C=O) groups is 2. The SMILES string of the molecule is Cc1cc(C)cc(OCC(=O)NCC(=O)NC(C)(C)C)c1. The predicted molar refractivity (Wildman–Crippen MR) is 82.3 cm³/mol. The molecule has 0 saturated carbocycles. The number of nitrogens with one attached hydrogen (secondary N) is 2. The summed E-state index contributed by atoms with van der Waals surface area (Å²) < 4.78 is 5.42. The lowest BCUT2D eigenvalue weighted by atomic mass is 10.1. The summed E-state index contributed by atoms with van der Waals surface area (Å²) in [6.45, 7) is 9.44. The van der Waals surface area contributed by atoms with Crippen LogP contribution in [0.15, 0.2) is 18.2 Å². The Labute approximate surface area is 126 Å². The number of aryl methyl sites for hydroxylation is 2. The molecule has 0 unspecified atom stereocenters. The van der Waals surface area contributed by atoms with Crippen LogP contribution in [-0.2, 0) is 9.59 Å². The van der Waals surface area contributed by atoms with Gasteiger partial charge in [-0.05, 0) is 57.9 Å². The smallest absolute Gasteiger partial charge is 0.258 e. The summed E-state index contributed by atoms with van der Waals surface area (Å²) in [5, 5.41) is 5.30. The first-order valence-corrected chi connectivity index (χ1v) is 6.94. The van der Waals surface area contributed by atoms with E-state index in [0.29, 0.717) is 5.75 Å². The van der Waals surface area contributed by atoms with Crippen LogP contribution in [0.2, 0.25) is 0 Å². The van der Waals surface area contributed by atoms with Gasteiger partial charge >= 0.3 is 0 Å². The van der Waals surface area contributed by atoms with Gasteiger partial charge in [-0.2, -0.15) is 0 Å². The highest BCUT2D eigenvalue weighted by Crippen LogP contribution is 2.15. The first-order chi connectivity index (χ1) is 9.65. The summed E-state index contributed by atoms with van der Waals surface area (Å²) in [6.07, 6.45) is 0. The number of ether oxygens (including phenoxy) is 1. The highest BCUT2D eigenvalue weighted by Gasteiger charge is 2.14. The summed E-state index contributed by atoms with van der Waals surface area (Å²) in [5.41, 5.74) is 1.85. The maximum Gasteiger partial charge on any atom is 0.258 e. The van der Waals surface area contributed by atoms with Gasteiger partial charge in [-0.1, -0.05) is 6.07 Å². The molecule has 0 spiro atoms. The molecule has 5 nitrogen and oxygen atoms in total. The third-order valence-electron chi connectivity index (χ3n) is 2.53. The zero-order chi connectivity index (χ0) is 16.0. The average Bonchev–Trinajstić information content (AvgIpc) is 2.30. The maximum atomic E-state index is 11.6. The monoisotopic (exact) mass is 292 g/mol. The molecular formula is C16H24N2O3. The van der Waals surface area contributed by atoms with Gasteiger partial charge in [-0.3, -0.25) is 9.59 Å². The Morgan fingerprint density at radius 1 is 1.05 bits per heavy atom. The fourth-order valence-electron chi connectivity index (χ4n) is 1.86. The van der Waals surface area contributed by atoms with Crippen molar-refractivity contribution in [1.29, 1.82) is 0 Å². The molecule has 5 heteroatoms. The maximum absolute atomic E-state index is 11.6. The van der Waals surface area contributed by atoms with Crippen molar-refractivity contribution in [3.8, 4) is 5.75 Å². The van der Waals surface area contributed by atoms with E-state index in [9.17, 15) is 9.59 Å². The van der Waals surface area contributed by atoms with Gasteiger partial charge in [-0.15, -0.1) is 0 Å². The van der Waals surface area contributed by atoms with Crippen LogP contribution in [0.25, 0.3) is 0 Å². The van der Waals surface area contributed by atoms with Crippen LogP contribution in [-0.4, -0.2) is 30.5 Å². The van der Waals surface area contributed by atoms with Crippen molar-refractivity contribution < 1.29 is 14.3 Å². The summed E-state index contributed by atoms with van der Waals surface area (Å²) in [4.78, 5) is 23.2. The number of hydrogen-bond acceptors (Lipinski definition) is 3. The number of amides is 2. The average molecular weight is 292 g/mol. The predicted octanol–water partition coefficient (Wildman–Crippen LogP) is 1.71. The highest BCUT2D eigenvalue weighted by molar-refractivity contribution is 5.85. The molecule has 0 bridgehead atoms. The highest BCUT2D eigenvalue weighted by atomic mass is 16.5. The van der Waals surface area contributed by atoms with E-state index in [0.717, 1.165) is 11.1 Å². The topological polar surface area (TPSA) is 67.4 Å². The number of rotatable bonds is 5. The summed E-state index contributed by atoms with van der Waals surface area (Å²) >= 11 is 0. The minimum Gasteiger partial charge on any atom is -0.484 e. The second-order valence-electron chi connectivity index (χ2n) is 6.19. The van der Waals surface area contributed by atoms with Crippen LogP contribution in [0.4, 0.5) is 0 Å². The Kier molecular flexibility index (Phi) is 5.76. The van der Waals surface area contributed by atoms with Crippen molar-refractivity contribution in [1.82, 2.24) is 10.6 Å². The van der Waals surface area contributed by atoms with Gasteiger partial charge in [-0.25, -0.2) is 0 Å².